The maximum Gasteiger partial charge on any atom is 0.162 e. The first kappa shape index (κ1) is 15.1. The van der Waals surface area contributed by atoms with Crippen molar-refractivity contribution >= 4 is 0 Å². The summed E-state index contributed by atoms with van der Waals surface area (Å²) in [5.41, 5.74) is -1.35. The standard InChI is InChI=1S/C11H19FN2.C2H6/c1-5-9(2)8-14-7-6-13-10(14)11(3,4)12;1-2/h6-7,9H,5,8H2,1-4H3;1-2H3. The van der Waals surface area contributed by atoms with E-state index >= 15 is 0 Å². The number of hydrogen-bond donors (Lipinski definition) is 0. The predicted octanol–water partition coefficient (Wildman–Crippen LogP) is 4.16. The predicted molar refractivity (Wildman–Crippen MR) is 67.2 cm³/mol. The lowest BCUT2D eigenvalue weighted by Crippen LogP contribution is -2.19. The molecule has 94 valence electrons. The van der Waals surface area contributed by atoms with Crippen LogP contribution in [0.5, 0.6) is 0 Å². The van der Waals surface area contributed by atoms with Gasteiger partial charge >= 0.3 is 0 Å². The van der Waals surface area contributed by atoms with Gasteiger partial charge in [0.15, 0.2) is 5.67 Å². The highest BCUT2D eigenvalue weighted by atomic mass is 19.1. The Labute approximate surface area is 98.9 Å². The van der Waals surface area contributed by atoms with E-state index in [9.17, 15) is 4.39 Å². The highest BCUT2D eigenvalue weighted by Gasteiger charge is 2.24. The molecule has 0 aliphatic heterocycles. The number of aromatic nitrogens is 2. The molecular weight excluding hydrogens is 203 g/mol. The number of nitrogens with zero attached hydrogens (tertiary/aromatic N) is 2. The Balaban J connectivity index is 0.00000106. The lowest BCUT2D eigenvalue weighted by Gasteiger charge is -2.18. The van der Waals surface area contributed by atoms with Gasteiger partial charge in [-0.25, -0.2) is 9.37 Å². The van der Waals surface area contributed by atoms with Crippen LogP contribution in [0, 0.1) is 5.92 Å². The minimum atomic E-state index is -1.35. The molecule has 0 spiro atoms. The largest absolute Gasteiger partial charge is 0.332 e. The summed E-state index contributed by atoms with van der Waals surface area (Å²) >= 11 is 0. The van der Waals surface area contributed by atoms with Gasteiger partial charge in [-0.2, -0.15) is 0 Å². The molecule has 3 heteroatoms. The van der Waals surface area contributed by atoms with Crippen molar-refractivity contribution in [2.24, 2.45) is 5.92 Å². The van der Waals surface area contributed by atoms with E-state index in [2.05, 4.69) is 18.8 Å². The number of hydrogen-bond acceptors (Lipinski definition) is 1. The number of halogens is 1. The Bertz CT molecular complexity index is 286. The maximum absolute atomic E-state index is 13.7. The van der Waals surface area contributed by atoms with Gasteiger partial charge in [-0.1, -0.05) is 34.1 Å². The highest BCUT2D eigenvalue weighted by Crippen LogP contribution is 2.23. The van der Waals surface area contributed by atoms with E-state index in [1.807, 2.05) is 24.6 Å². The molecule has 1 atom stereocenters. The Morgan fingerprint density at radius 3 is 2.44 bits per heavy atom. The first-order valence-electron chi connectivity index (χ1n) is 6.15. The minimum Gasteiger partial charge on any atom is -0.332 e. The number of alkyl halides is 1. The third kappa shape index (κ3) is 4.33. The van der Waals surface area contributed by atoms with E-state index in [1.54, 1.807) is 20.0 Å². The average Bonchev–Trinajstić information content (AvgIpc) is 2.68. The summed E-state index contributed by atoms with van der Waals surface area (Å²) in [7, 11) is 0. The van der Waals surface area contributed by atoms with Gasteiger partial charge in [-0.05, 0) is 19.8 Å². The Morgan fingerprint density at radius 2 is 2.00 bits per heavy atom. The van der Waals surface area contributed by atoms with Gasteiger partial charge in [0.05, 0.1) is 0 Å². The lowest BCUT2D eigenvalue weighted by molar-refractivity contribution is 0.196. The van der Waals surface area contributed by atoms with Gasteiger partial charge in [-0.3, -0.25) is 0 Å². The van der Waals surface area contributed by atoms with E-state index in [-0.39, 0.29) is 0 Å². The van der Waals surface area contributed by atoms with Crippen LogP contribution in [0.15, 0.2) is 12.4 Å². The number of imidazole rings is 1. The fourth-order valence-corrected chi connectivity index (χ4v) is 1.44. The van der Waals surface area contributed by atoms with Crippen LogP contribution in [0.1, 0.15) is 53.8 Å². The van der Waals surface area contributed by atoms with E-state index < -0.39 is 5.67 Å². The highest BCUT2D eigenvalue weighted by molar-refractivity contribution is 5.01. The molecule has 0 saturated heterocycles. The Kier molecular flexibility index (Phi) is 6.31. The summed E-state index contributed by atoms with van der Waals surface area (Å²) in [6, 6.07) is 0. The van der Waals surface area contributed by atoms with Crippen molar-refractivity contribution in [2.75, 3.05) is 0 Å². The van der Waals surface area contributed by atoms with Crippen LogP contribution in [-0.4, -0.2) is 9.55 Å². The normalized spacial score (nSPS) is 12.9. The summed E-state index contributed by atoms with van der Waals surface area (Å²) < 4.78 is 15.6. The first-order chi connectivity index (χ1) is 7.45. The average molecular weight is 228 g/mol. The van der Waals surface area contributed by atoms with Crippen molar-refractivity contribution in [1.29, 1.82) is 0 Å². The molecule has 1 unspecified atom stereocenters. The van der Waals surface area contributed by atoms with Gasteiger partial charge < -0.3 is 4.57 Å². The van der Waals surface area contributed by atoms with Crippen molar-refractivity contribution in [3.05, 3.63) is 18.2 Å². The molecule has 0 N–H and O–H groups in total. The second kappa shape index (κ2) is 6.66. The van der Waals surface area contributed by atoms with Crippen molar-refractivity contribution in [2.45, 2.75) is 60.2 Å². The zero-order chi connectivity index (χ0) is 12.8. The van der Waals surface area contributed by atoms with Gasteiger partial charge in [0.2, 0.25) is 0 Å². The maximum atomic E-state index is 13.7. The van der Waals surface area contributed by atoms with E-state index in [1.165, 1.54) is 0 Å². The molecule has 0 bridgehead atoms. The lowest BCUT2D eigenvalue weighted by atomic mass is 10.1. The molecule has 16 heavy (non-hydrogen) atoms. The second-order valence-corrected chi connectivity index (χ2v) is 4.39. The van der Waals surface area contributed by atoms with Crippen LogP contribution in [-0.2, 0) is 12.2 Å². The molecule has 1 aromatic rings. The van der Waals surface area contributed by atoms with Gasteiger partial charge in [0, 0.05) is 18.9 Å². The zero-order valence-corrected chi connectivity index (χ0v) is 11.4. The third-order valence-corrected chi connectivity index (χ3v) is 2.45. The molecule has 0 radical (unpaired) electrons. The van der Waals surface area contributed by atoms with Crippen molar-refractivity contribution < 1.29 is 4.39 Å². The van der Waals surface area contributed by atoms with Crippen LogP contribution in [0.3, 0.4) is 0 Å². The second-order valence-electron chi connectivity index (χ2n) is 4.39. The van der Waals surface area contributed by atoms with E-state index in [0.29, 0.717) is 11.7 Å². The fourth-order valence-electron chi connectivity index (χ4n) is 1.44. The number of rotatable bonds is 4. The molecule has 0 aromatic carbocycles. The SMILES string of the molecule is CC.CCC(C)Cn1ccnc1C(C)(C)F. The zero-order valence-electron chi connectivity index (χ0n) is 11.4. The molecule has 1 aromatic heterocycles. The first-order valence-corrected chi connectivity index (χ1v) is 6.15. The van der Waals surface area contributed by atoms with Gasteiger partial charge in [-0.15, -0.1) is 0 Å². The van der Waals surface area contributed by atoms with Crippen molar-refractivity contribution in [3.8, 4) is 0 Å². The monoisotopic (exact) mass is 228 g/mol. The van der Waals surface area contributed by atoms with Gasteiger partial charge in [0.25, 0.3) is 0 Å². The molecule has 1 heterocycles. The molecule has 1 rings (SSSR count). The van der Waals surface area contributed by atoms with Gasteiger partial charge in [0.1, 0.15) is 5.82 Å². The summed E-state index contributed by atoms with van der Waals surface area (Å²) in [5.74, 6) is 1.09. The quantitative estimate of drug-likeness (QED) is 0.756. The fraction of sp³-hybridized carbons (Fsp3) is 0.769. The summed E-state index contributed by atoms with van der Waals surface area (Å²) in [4.78, 5) is 4.06. The van der Waals surface area contributed by atoms with E-state index in [4.69, 9.17) is 0 Å². The van der Waals surface area contributed by atoms with Crippen LogP contribution in [0.2, 0.25) is 0 Å². The summed E-state index contributed by atoms with van der Waals surface area (Å²) in [6.07, 6.45) is 4.62. The third-order valence-electron chi connectivity index (χ3n) is 2.45. The van der Waals surface area contributed by atoms with Crippen LogP contribution < -0.4 is 0 Å². The topological polar surface area (TPSA) is 17.8 Å². The molecule has 0 aliphatic rings. The molecule has 0 amide bonds. The van der Waals surface area contributed by atoms with Crippen molar-refractivity contribution in [3.63, 3.8) is 0 Å². The summed E-state index contributed by atoms with van der Waals surface area (Å²) in [6.45, 7) is 12.2. The Hall–Kier alpha value is -0.860. The van der Waals surface area contributed by atoms with Crippen molar-refractivity contribution in [1.82, 2.24) is 9.55 Å². The van der Waals surface area contributed by atoms with Crippen LogP contribution in [0.25, 0.3) is 0 Å². The Morgan fingerprint density at radius 1 is 1.44 bits per heavy atom. The smallest absolute Gasteiger partial charge is 0.162 e. The molecule has 2 nitrogen and oxygen atoms in total. The summed E-state index contributed by atoms with van der Waals surface area (Å²) in [5, 5.41) is 0. The molecule has 0 aliphatic carbocycles. The minimum absolute atomic E-state index is 0.526. The molecule has 0 fully saturated rings. The molecular formula is C13H25FN2. The van der Waals surface area contributed by atoms with Crippen LogP contribution in [0.4, 0.5) is 4.39 Å². The molecule has 0 saturated carbocycles. The van der Waals surface area contributed by atoms with Crippen LogP contribution >= 0.6 is 0 Å². The van der Waals surface area contributed by atoms with E-state index in [0.717, 1.165) is 13.0 Å².